The van der Waals surface area contributed by atoms with Gasteiger partial charge in [-0.05, 0) is 35.9 Å². The van der Waals surface area contributed by atoms with Crippen molar-refractivity contribution in [2.45, 2.75) is 20.8 Å². The number of pyridine rings is 1. The van der Waals surface area contributed by atoms with E-state index in [-0.39, 0.29) is 5.91 Å². The van der Waals surface area contributed by atoms with Gasteiger partial charge in [0.2, 0.25) is 5.91 Å². The highest BCUT2D eigenvalue weighted by Crippen LogP contribution is 2.25. The minimum absolute atomic E-state index is 0.00932. The zero-order valence-electron chi connectivity index (χ0n) is 13.0. The fourth-order valence-corrected chi connectivity index (χ4v) is 2.17. The van der Waals surface area contributed by atoms with Gasteiger partial charge in [0.15, 0.2) is 0 Å². The topological polar surface area (TPSA) is 57.8 Å². The van der Waals surface area contributed by atoms with Crippen LogP contribution in [0.2, 0.25) is 0 Å². The number of nitrogens with zero attached hydrogens (tertiary/aromatic N) is 1. The first-order valence-corrected chi connectivity index (χ1v) is 7.29. The van der Waals surface area contributed by atoms with Crippen LogP contribution in [0, 0.1) is 5.41 Å². The molecule has 0 fully saturated rings. The molecule has 0 saturated carbocycles. The number of aromatic amines is 1. The van der Waals surface area contributed by atoms with Crippen LogP contribution in [0.25, 0.3) is 22.3 Å². The summed E-state index contributed by atoms with van der Waals surface area (Å²) < 4.78 is 0. The summed E-state index contributed by atoms with van der Waals surface area (Å²) in [5, 5.41) is 4.01. The molecule has 3 aromatic rings. The maximum atomic E-state index is 12.0. The van der Waals surface area contributed by atoms with E-state index in [2.05, 4.69) is 21.4 Å². The van der Waals surface area contributed by atoms with E-state index in [4.69, 9.17) is 0 Å². The van der Waals surface area contributed by atoms with E-state index >= 15 is 0 Å². The molecule has 0 saturated heterocycles. The number of amides is 1. The second-order valence-electron chi connectivity index (χ2n) is 6.41. The van der Waals surface area contributed by atoms with E-state index in [9.17, 15) is 4.79 Å². The van der Waals surface area contributed by atoms with Gasteiger partial charge in [0.1, 0.15) is 5.65 Å². The minimum Gasteiger partial charge on any atom is -0.339 e. The quantitative estimate of drug-likeness (QED) is 0.743. The Hall–Kier alpha value is -2.62. The van der Waals surface area contributed by atoms with Crippen molar-refractivity contribution >= 4 is 22.6 Å². The summed E-state index contributed by atoms with van der Waals surface area (Å²) >= 11 is 0. The monoisotopic (exact) mass is 293 g/mol. The second kappa shape index (κ2) is 5.30. The van der Waals surface area contributed by atoms with Crippen LogP contribution in [-0.4, -0.2) is 15.9 Å². The van der Waals surface area contributed by atoms with E-state index in [0.29, 0.717) is 0 Å². The van der Waals surface area contributed by atoms with Crippen LogP contribution < -0.4 is 5.32 Å². The molecule has 0 bridgehead atoms. The van der Waals surface area contributed by atoms with E-state index in [1.54, 1.807) is 6.20 Å². The van der Waals surface area contributed by atoms with E-state index in [1.807, 2.05) is 57.2 Å². The number of hydrogen-bond acceptors (Lipinski definition) is 2. The van der Waals surface area contributed by atoms with E-state index in [0.717, 1.165) is 28.0 Å². The maximum absolute atomic E-state index is 12.0. The molecule has 1 aromatic carbocycles. The number of nitrogens with one attached hydrogen (secondary N) is 2. The van der Waals surface area contributed by atoms with E-state index < -0.39 is 5.41 Å². The minimum atomic E-state index is -0.401. The fraction of sp³-hybridized carbons (Fsp3) is 0.222. The molecule has 0 unspecified atom stereocenters. The third-order valence-corrected chi connectivity index (χ3v) is 3.53. The highest BCUT2D eigenvalue weighted by atomic mass is 16.2. The first-order chi connectivity index (χ1) is 10.4. The van der Waals surface area contributed by atoms with Gasteiger partial charge in [0.25, 0.3) is 0 Å². The number of rotatable bonds is 2. The molecule has 0 spiro atoms. The van der Waals surface area contributed by atoms with Crippen molar-refractivity contribution in [3.8, 4) is 11.3 Å². The predicted octanol–water partition coefficient (Wildman–Crippen LogP) is 4.21. The van der Waals surface area contributed by atoms with Gasteiger partial charge in [-0.25, -0.2) is 4.98 Å². The standard InChI is InChI=1S/C18H19N3O/c1-18(2,3)17(22)20-14-8-6-12(7-9-14)15-11-13-5-4-10-19-16(13)21-15/h4-11H,1-3H3,(H,19,21)(H,20,22). The largest absolute Gasteiger partial charge is 0.339 e. The summed E-state index contributed by atoms with van der Waals surface area (Å²) in [6, 6.07) is 13.8. The maximum Gasteiger partial charge on any atom is 0.229 e. The molecular weight excluding hydrogens is 274 g/mol. The molecule has 4 nitrogen and oxygen atoms in total. The van der Waals surface area contributed by atoms with Crippen LogP contribution in [0.5, 0.6) is 0 Å². The lowest BCUT2D eigenvalue weighted by atomic mass is 9.95. The number of hydrogen-bond donors (Lipinski definition) is 2. The number of fused-ring (bicyclic) bond motifs is 1. The van der Waals surface area contributed by atoms with Crippen molar-refractivity contribution in [1.29, 1.82) is 0 Å². The Morgan fingerprint density at radius 3 is 2.50 bits per heavy atom. The zero-order chi connectivity index (χ0) is 15.7. The zero-order valence-corrected chi connectivity index (χ0v) is 13.0. The molecule has 2 N–H and O–H groups in total. The Labute approximate surface area is 129 Å². The van der Waals surface area contributed by atoms with Crippen LogP contribution in [0.1, 0.15) is 20.8 Å². The number of benzene rings is 1. The molecule has 0 aliphatic rings. The lowest BCUT2D eigenvalue weighted by molar-refractivity contribution is -0.123. The number of carbonyl (C=O) groups excluding carboxylic acids is 1. The summed E-state index contributed by atoms with van der Waals surface area (Å²) in [7, 11) is 0. The van der Waals surface area contributed by atoms with Gasteiger partial charge in [-0.1, -0.05) is 32.9 Å². The Morgan fingerprint density at radius 2 is 1.86 bits per heavy atom. The van der Waals surface area contributed by atoms with Crippen LogP contribution >= 0.6 is 0 Å². The number of carbonyl (C=O) groups is 1. The molecule has 0 aliphatic carbocycles. The molecule has 22 heavy (non-hydrogen) atoms. The average molecular weight is 293 g/mol. The van der Waals surface area contributed by atoms with Gasteiger partial charge in [-0.2, -0.15) is 0 Å². The first-order valence-electron chi connectivity index (χ1n) is 7.29. The molecule has 4 heteroatoms. The van der Waals surface area contributed by atoms with Crippen molar-refractivity contribution in [1.82, 2.24) is 9.97 Å². The van der Waals surface area contributed by atoms with Gasteiger partial charge >= 0.3 is 0 Å². The molecule has 3 rings (SSSR count). The van der Waals surface area contributed by atoms with Crippen molar-refractivity contribution in [2.24, 2.45) is 5.41 Å². The van der Waals surface area contributed by atoms with Gasteiger partial charge < -0.3 is 10.3 Å². The molecule has 0 atom stereocenters. The summed E-state index contributed by atoms with van der Waals surface area (Å²) in [5.41, 5.74) is 3.36. The average Bonchev–Trinajstić information content (AvgIpc) is 2.91. The summed E-state index contributed by atoms with van der Waals surface area (Å²) in [6.07, 6.45) is 1.77. The SMILES string of the molecule is CC(C)(C)C(=O)Nc1ccc(-c2cc3cccnc3[nH]2)cc1. The fourth-order valence-electron chi connectivity index (χ4n) is 2.17. The van der Waals surface area contributed by atoms with Crippen molar-refractivity contribution in [2.75, 3.05) is 5.32 Å². The summed E-state index contributed by atoms with van der Waals surface area (Å²) in [5.74, 6) is 0.00932. The first kappa shape index (κ1) is 14.3. The highest BCUT2D eigenvalue weighted by molar-refractivity contribution is 5.94. The lowest BCUT2D eigenvalue weighted by Gasteiger charge is -2.17. The Kier molecular flexibility index (Phi) is 3.45. The number of anilines is 1. The van der Waals surface area contributed by atoms with Crippen molar-refractivity contribution in [3.05, 3.63) is 48.7 Å². The predicted molar refractivity (Wildman–Crippen MR) is 89.6 cm³/mol. The van der Waals surface area contributed by atoms with Gasteiger partial charge in [0, 0.05) is 28.4 Å². The summed E-state index contributed by atoms with van der Waals surface area (Å²) in [4.78, 5) is 19.6. The van der Waals surface area contributed by atoms with Gasteiger partial charge in [0.05, 0.1) is 0 Å². The number of aromatic nitrogens is 2. The molecule has 1 amide bonds. The smallest absolute Gasteiger partial charge is 0.229 e. The Bertz CT molecular complexity index is 777. The Balaban J connectivity index is 1.83. The van der Waals surface area contributed by atoms with Crippen LogP contribution in [0.15, 0.2) is 48.7 Å². The van der Waals surface area contributed by atoms with Crippen LogP contribution in [-0.2, 0) is 4.79 Å². The number of H-pyrrole nitrogens is 1. The van der Waals surface area contributed by atoms with Gasteiger partial charge in [-0.15, -0.1) is 0 Å². The van der Waals surface area contributed by atoms with Gasteiger partial charge in [-0.3, -0.25) is 4.79 Å². The molecule has 0 aliphatic heterocycles. The van der Waals surface area contributed by atoms with Crippen LogP contribution in [0.4, 0.5) is 5.69 Å². The molecule has 0 radical (unpaired) electrons. The summed E-state index contributed by atoms with van der Waals surface area (Å²) in [6.45, 7) is 5.69. The second-order valence-corrected chi connectivity index (χ2v) is 6.41. The van der Waals surface area contributed by atoms with Crippen molar-refractivity contribution in [3.63, 3.8) is 0 Å². The molecule has 2 heterocycles. The third kappa shape index (κ3) is 2.86. The molecular formula is C18H19N3O. The van der Waals surface area contributed by atoms with Crippen LogP contribution in [0.3, 0.4) is 0 Å². The third-order valence-electron chi connectivity index (χ3n) is 3.53. The van der Waals surface area contributed by atoms with E-state index in [1.165, 1.54) is 0 Å². The highest BCUT2D eigenvalue weighted by Gasteiger charge is 2.21. The Morgan fingerprint density at radius 1 is 1.14 bits per heavy atom. The molecule has 2 aromatic heterocycles. The normalized spacial score (nSPS) is 11.6. The lowest BCUT2D eigenvalue weighted by Crippen LogP contribution is -2.27. The van der Waals surface area contributed by atoms with Crippen molar-refractivity contribution < 1.29 is 4.79 Å². The molecule has 112 valence electrons.